The lowest BCUT2D eigenvalue weighted by molar-refractivity contribution is 0.0698. The predicted molar refractivity (Wildman–Crippen MR) is 75.2 cm³/mol. The molecule has 0 spiro atoms. The molecule has 0 saturated carbocycles. The zero-order chi connectivity index (χ0) is 13.4. The molecule has 1 rings (SSSR count). The Morgan fingerprint density at radius 1 is 1.22 bits per heavy atom. The van der Waals surface area contributed by atoms with E-state index in [1.54, 1.807) is 12.1 Å². The number of carboxylic acid groups (broad SMARTS) is 1. The largest absolute Gasteiger partial charge is 0.478 e. The van der Waals surface area contributed by atoms with Crippen molar-refractivity contribution in [3.05, 3.63) is 29.8 Å². The van der Waals surface area contributed by atoms with Gasteiger partial charge in [0.25, 0.3) is 0 Å². The van der Waals surface area contributed by atoms with E-state index in [0.29, 0.717) is 11.6 Å². The second kappa shape index (κ2) is 7.75. The SMILES string of the molecule is CCCCC(CCC)Nc1ccccc1C(=O)O. The Morgan fingerprint density at radius 2 is 1.94 bits per heavy atom. The van der Waals surface area contributed by atoms with Crippen LogP contribution in [0.25, 0.3) is 0 Å². The second-order valence-electron chi connectivity index (χ2n) is 4.62. The van der Waals surface area contributed by atoms with Crippen LogP contribution in [0.4, 0.5) is 5.69 Å². The lowest BCUT2D eigenvalue weighted by Gasteiger charge is -2.20. The zero-order valence-electron chi connectivity index (χ0n) is 11.3. The zero-order valence-corrected chi connectivity index (χ0v) is 11.3. The highest BCUT2D eigenvalue weighted by Gasteiger charge is 2.12. The van der Waals surface area contributed by atoms with Crippen LogP contribution in [-0.2, 0) is 0 Å². The summed E-state index contributed by atoms with van der Waals surface area (Å²) in [5, 5.41) is 12.5. The Balaban J connectivity index is 2.76. The minimum absolute atomic E-state index is 0.357. The highest BCUT2D eigenvalue weighted by molar-refractivity contribution is 5.94. The molecule has 0 radical (unpaired) electrons. The molecule has 0 aromatic heterocycles. The molecule has 0 bridgehead atoms. The number of benzene rings is 1. The second-order valence-corrected chi connectivity index (χ2v) is 4.62. The van der Waals surface area contributed by atoms with Crippen LogP contribution < -0.4 is 5.32 Å². The molecule has 0 aliphatic heterocycles. The van der Waals surface area contributed by atoms with E-state index < -0.39 is 5.97 Å². The summed E-state index contributed by atoms with van der Waals surface area (Å²) in [6.45, 7) is 4.33. The van der Waals surface area contributed by atoms with Gasteiger partial charge in [-0.3, -0.25) is 0 Å². The maximum atomic E-state index is 11.1. The molecule has 18 heavy (non-hydrogen) atoms. The third kappa shape index (κ3) is 4.40. The summed E-state index contributed by atoms with van der Waals surface area (Å²) in [6.07, 6.45) is 5.62. The maximum Gasteiger partial charge on any atom is 0.337 e. The van der Waals surface area contributed by atoms with Gasteiger partial charge in [-0.05, 0) is 25.0 Å². The van der Waals surface area contributed by atoms with Crippen molar-refractivity contribution in [2.45, 2.75) is 52.0 Å². The van der Waals surface area contributed by atoms with E-state index in [2.05, 4.69) is 19.2 Å². The van der Waals surface area contributed by atoms with Crippen LogP contribution in [0.15, 0.2) is 24.3 Å². The topological polar surface area (TPSA) is 49.3 Å². The Hall–Kier alpha value is -1.51. The number of aromatic carboxylic acids is 1. The standard InChI is InChI=1S/C15H23NO2/c1-3-5-9-12(8-4-2)16-14-11-7-6-10-13(14)15(17)18/h6-7,10-12,16H,3-5,8-9H2,1-2H3,(H,17,18). The van der Waals surface area contributed by atoms with Crippen molar-refractivity contribution in [1.82, 2.24) is 0 Å². The van der Waals surface area contributed by atoms with Gasteiger partial charge in [0.15, 0.2) is 0 Å². The highest BCUT2D eigenvalue weighted by atomic mass is 16.4. The highest BCUT2D eigenvalue weighted by Crippen LogP contribution is 2.19. The van der Waals surface area contributed by atoms with Gasteiger partial charge in [0.05, 0.1) is 5.56 Å². The number of rotatable bonds is 8. The normalized spacial score (nSPS) is 12.1. The van der Waals surface area contributed by atoms with Gasteiger partial charge in [-0.25, -0.2) is 4.79 Å². The lowest BCUT2D eigenvalue weighted by Crippen LogP contribution is -2.20. The van der Waals surface area contributed by atoms with Crippen LogP contribution >= 0.6 is 0 Å². The number of carbonyl (C=O) groups is 1. The third-order valence-electron chi connectivity index (χ3n) is 3.06. The molecule has 1 aromatic rings. The van der Waals surface area contributed by atoms with Gasteiger partial charge in [0.2, 0.25) is 0 Å². The van der Waals surface area contributed by atoms with Crippen LogP contribution in [0, 0.1) is 0 Å². The minimum Gasteiger partial charge on any atom is -0.478 e. The van der Waals surface area contributed by atoms with Crippen molar-refractivity contribution in [2.24, 2.45) is 0 Å². The van der Waals surface area contributed by atoms with E-state index in [4.69, 9.17) is 5.11 Å². The van der Waals surface area contributed by atoms with Crippen molar-refractivity contribution >= 4 is 11.7 Å². The quantitative estimate of drug-likeness (QED) is 0.727. The van der Waals surface area contributed by atoms with E-state index in [1.165, 1.54) is 12.8 Å². The number of para-hydroxylation sites is 1. The van der Waals surface area contributed by atoms with Gasteiger partial charge < -0.3 is 10.4 Å². The molecule has 2 N–H and O–H groups in total. The molecule has 1 unspecified atom stereocenters. The van der Waals surface area contributed by atoms with E-state index in [0.717, 1.165) is 24.9 Å². The third-order valence-corrected chi connectivity index (χ3v) is 3.06. The summed E-state index contributed by atoms with van der Waals surface area (Å²) >= 11 is 0. The molecule has 3 heteroatoms. The molecule has 1 aromatic carbocycles. The van der Waals surface area contributed by atoms with Gasteiger partial charge in [0.1, 0.15) is 0 Å². The monoisotopic (exact) mass is 249 g/mol. The fraction of sp³-hybridized carbons (Fsp3) is 0.533. The van der Waals surface area contributed by atoms with Crippen molar-refractivity contribution in [2.75, 3.05) is 5.32 Å². The van der Waals surface area contributed by atoms with Crippen LogP contribution in [0.1, 0.15) is 56.3 Å². The Morgan fingerprint density at radius 3 is 2.56 bits per heavy atom. The van der Waals surface area contributed by atoms with Gasteiger partial charge in [0, 0.05) is 11.7 Å². The molecule has 0 heterocycles. The molecule has 0 aliphatic carbocycles. The van der Waals surface area contributed by atoms with Crippen LogP contribution in [-0.4, -0.2) is 17.1 Å². The smallest absolute Gasteiger partial charge is 0.337 e. The molecule has 0 saturated heterocycles. The van der Waals surface area contributed by atoms with Crippen molar-refractivity contribution in [3.8, 4) is 0 Å². The average Bonchev–Trinajstić information content (AvgIpc) is 2.36. The first kappa shape index (κ1) is 14.6. The molecule has 3 nitrogen and oxygen atoms in total. The van der Waals surface area contributed by atoms with Gasteiger partial charge in [-0.1, -0.05) is 45.2 Å². The summed E-state index contributed by atoms with van der Waals surface area (Å²) < 4.78 is 0. The lowest BCUT2D eigenvalue weighted by atomic mass is 10.0. The van der Waals surface area contributed by atoms with Crippen LogP contribution in [0.2, 0.25) is 0 Å². The predicted octanol–water partition coefficient (Wildman–Crippen LogP) is 4.16. The summed E-state index contributed by atoms with van der Waals surface area (Å²) in [5.41, 5.74) is 1.09. The molecular weight excluding hydrogens is 226 g/mol. The number of nitrogens with one attached hydrogen (secondary N) is 1. The Bertz CT molecular complexity index is 377. The Kier molecular flexibility index (Phi) is 6.26. The molecule has 0 amide bonds. The van der Waals surface area contributed by atoms with Crippen LogP contribution in [0.5, 0.6) is 0 Å². The molecular formula is C15H23NO2. The fourth-order valence-corrected chi connectivity index (χ4v) is 2.10. The van der Waals surface area contributed by atoms with Crippen molar-refractivity contribution < 1.29 is 9.90 Å². The summed E-state index contributed by atoms with van der Waals surface area (Å²) in [7, 11) is 0. The van der Waals surface area contributed by atoms with Gasteiger partial charge >= 0.3 is 5.97 Å². The minimum atomic E-state index is -0.871. The van der Waals surface area contributed by atoms with Crippen LogP contribution in [0.3, 0.4) is 0 Å². The van der Waals surface area contributed by atoms with Gasteiger partial charge in [-0.2, -0.15) is 0 Å². The summed E-state index contributed by atoms with van der Waals surface area (Å²) in [5.74, 6) is -0.871. The fourth-order valence-electron chi connectivity index (χ4n) is 2.10. The first-order valence-corrected chi connectivity index (χ1v) is 6.77. The molecule has 100 valence electrons. The van der Waals surface area contributed by atoms with Gasteiger partial charge in [-0.15, -0.1) is 0 Å². The number of hydrogen-bond donors (Lipinski definition) is 2. The van der Waals surface area contributed by atoms with E-state index in [1.807, 2.05) is 12.1 Å². The number of anilines is 1. The average molecular weight is 249 g/mol. The Labute approximate surface area is 109 Å². The molecule has 0 fully saturated rings. The first-order chi connectivity index (χ1) is 8.69. The number of carboxylic acids is 1. The van der Waals surface area contributed by atoms with E-state index in [9.17, 15) is 4.79 Å². The first-order valence-electron chi connectivity index (χ1n) is 6.77. The van der Waals surface area contributed by atoms with E-state index in [-0.39, 0.29) is 0 Å². The summed E-state index contributed by atoms with van der Waals surface area (Å²) in [6, 6.07) is 7.49. The number of unbranched alkanes of at least 4 members (excludes halogenated alkanes) is 1. The number of hydrogen-bond acceptors (Lipinski definition) is 2. The van der Waals surface area contributed by atoms with Crippen molar-refractivity contribution in [3.63, 3.8) is 0 Å². The molecule has 1 atom stereocenters. The molecule has 0 aliphatic rings. The van der Waals surface area contributed by atoms with E-state index >= 15 is 0 Å². The maximum absolute atomic E-state index is 11.1. The summed E-state index contributed by atoms with van der Waals surface area (Å²) in [4.78, 5) is 11.1. The van der Waals surface area contributed by atoms with Crippen molar-refractivity contribution in [1.29, 1.82) is 0 Å².